The number of rotatable bonds is 8. The molecule has 0 saturated carbocycles. The molecule has 0 aromatic heterocycles. The Morgan fingerprint density at radius 1 is 0.917 bits per heavy atom. The Hall–Kier alpha value is -3.79. The van der Waals surface area contributed by atoms with Gasteiger partial charge in [0.25, 0.3) is 10.0 Å². The van der Waals surface area contributed by atoms with Crippen LogP contribution in [0.25, 0.3) is 0 Å². The van der Waals surface area contributed by atoms with Gasteiger partial charge < -0.3 is 19.3 Å². The third-order valence-corrected chi connectivity index (χ3v) is 7.86. The number of methoxy groups -OCH3 is 2. The molecule has 0 unspecified atom stereocenters. The fourth-order valence-corrected chi connectivity index (χ4v) is 5.58. The first-order valence-electron chi connectivity index (χ1n) is 11.4. The molecule has 1 heterocycles. The van der Waals surface area contributed by atoms with E-state index in [1.54, 1.807) is 53.4 Å². The summed E-state index contributed by atoms with van der Waals surface area (Å²) in [4.78, 5) is 16.9. The number of amides is 1. The van der Waals surface area contributed by atoms with Crippen LogP contribution in [0.4, 0.5) is 15.8 Å². The monoisotopic (exact) mass is 513 g/mol. The Balaban J connectivity index is 1.61. The fraction of sp³-hybridized carbons (Fsp3) is 0.269. The van der Waals surface area contributed by atoms with E-state index in [-0.39, 0.29) is 28.1 Å². The predicted molar refractivity (Wildman–Crippen MR) is 136 cm³/mol. The molecule has 36 heavy (non-hydrogen) atoms. The molecule has 3 aromatic carbocycles. The number of para-hydroxylation sites is 1. The maximum atomic E-state index is 14.2. The van der Waals surface area contributed by atoms with Crippen LogP contribution >= 0.6 is 0 Å². The first-order valence-corrected chi connectivity index (χ1v) is 12.9. The number of carbonyl (C=O) groups excluding carboxylic acids is 1. The number of nitrogens with zero attached hydrogens (tertiary/aromatic N) is 3. The van der Waals surface area contributed by atoms with Crippen molar-refractivity contribution in [2.24, 2.45) is 0 Å². The van der Waals surface area contributed by atoms with Gasteiger partial charge in [-0.15, -0.1) is 0 Å². The fourth-order valence-electron chi connectivity index (χ4n) is 4.14. The Labute approximate surface area is 210 Å². The Morgan fingerprint density at radius 2 is 1.58 bits per heavy atom. The number of anilines is 2. The largest absolute Gasteiger partial charge is 0.497 e. The van der Waals surface area contributed by atoms with E-state index >= 15 is 0 Å². The van der Waals surface area contributed by atoms with E-state index in [1.165, 1.54) is 38.5 Å². The SMILES string of the molecule is COc1ccc(OC)c(N(CC(=O)N2CCN(c3ccccc3F)CC2)S(=O)(=O)c2ccccc2)c1. The van der Waals surface area contributed by atoms with E-state index < -0.39 is 16.6 Å². The Kier molecular flexibility index (Phi) is 7.64. The molecule has 0 N–H and O–H groups in total. The second-order valence-corrected chi connectivity index (χ2v) is 10.0. The molecule has 1 amide bonds. The van der Waals surface area contributed by atoms with Crippen molar-refractivity contribution in [3.05, 3.63) is 78.6 Å². The molecule has 1 fully saturated rings. The van der Waals surface area contributed by atoms with E-state index in [2.05, 4.69) is 0 Å². The average molecular weight is 514 g/mol. The third-order valence-electron chi connectivity index (χ3n) is 6.09. The summed E-state index contributed by atoms with van der Waals surface area (Å²) in [6.45, 7) is 1.10. The summed E-state index contributed by atoms with van der Waals surface area (Å²) in [6, 6.07) is 19.2. The minimum atomic E-state index is -4.11. The zero-order valence-electron chi connectivity index (χ0n) is 20.1. The summed E-state index contributed by atoms with van der Waals surface area (Å²) >= 11 is 0. The maximum Gasteiger partial charge on any atom is 0.264 e. The van der Waals surface area contributed by atoms with Crippen LogP contribution in [0.2, 0.25) is 0 Å². The molecule has 1 aliphatic rings. The lowest BCUT2D eigenvalue weighted by Gasteiger charge is -2.37. The highest BCUT2D eigenvalue weighted by Gasteiger charge is 2.32. The van der Waals surface area contributed by atoms with Crippen molar-refractivity contribution >= 4 is 27.3 Å². The molecule has 0 aliphatic carbocycles. The van der Waals surface area contributed by atoms with E-state index in [1.807, 2.05) is 4.90 Å². The highest BCUT2D eigenvalue weighted by molar-refractivity contribution is 7.92. The molecule has 10 heteroatoms. The summed E-state index contributed by atoms with van der Waals surface area (Å²) < 4.78 is 53.4. The van der Waals surface area contributed by atoms with Gasteiger partial charge in [-0.1, -0.05) is 30.3 Å². The number of ether oxygens (including phenoxy) is 2. The van der Waals surface area contributed by atoms with Crippen molar-refractivity contribution in [3.63, 3.8) is 0 Å². The molecule has 8 nitrogen and oxygen atoms in total. The second-order valence-electron chi connectivity index (χ2n) is 8.18. The quantitative estimate of drug-likeness (QED) is 0.460. The summed E-state index contributed by atoms with van der Waals surface area (Å²) in [5, 5.41) is 0. The van der Waals surface area contributed by atoms with Crippen LogP contribution in [0, 0.1) is 5.82 Å². The van der Waals surface area contributed by atoms with E-state index in [0.717, 1.165) is 4.31 Å². The molecule has 4 rings (SSSR count). The van der Waals surface area contributed by atoms with Gasteiger partial charge in [-0.25, -0.2) is 12.8 Å². The van der Waals surface area contributed by atoms with E-state index in [0.29, 0.717) is 37.6 Å². The van der Waals surface area contributed by atoms with Crippen molar-refractivity contribution in [2.75, 3.05) is 56.1 Å². The number of sulfonamides is 1. The number of carbonyl (C=O) groups is 1. The van der Waals surface area contributed by atoms with Gasteiger partial charge in [0, 0.05) is 32.2 Å². The first kappa shape index (κ1) is 25.3. The molecule has 0 spiro atoms. The Bertz CT molecular complexity index is 1310. The summed E-state index contributed by atoms with van der Waals surface area (Å²) in [7, 11) is -1.21. The smallest absolute Gasteiger partial charge is 0.264 e. The van der Waals surface area contributed by atoms with Crippen LogP contribution in [-0.4, -0.2) is 66.2 Å². The second kappa shape index (κ2) is 10.9. The van der Waals surface area contributed by atoms with Gasteiger partial charge in [-0.3, -0.25) is 9.10 Å². The minimum Gasteiger partial charge on any atom is -0.497 e. The van der Waals surface area contributed by atoms with Gasteiger partial charge in [-0.05, 0) is 36.4 Å². The maximum absolute atomic E-state index is 14.2. The van der Waals surface area contributed by atoms with Crippen LogP contribution in [-0.2, 0) is 14.8 Å². The zero-order valence-corrected chi connectivity index (χ0v) is 20.9. The number of halogens is 1. The van der Waals surface area contributed by atoms with Crippen molar-refractivity contribution in [1.29, 1.82) is 0 Å². The molecule has 0 atom stereocenters. The van der Waals surface area contributed by atoms with Crippen LogP contribution < -0.4 is 18.7 Å². The molecule has 1 aliphatic heterocycles. The number of hydrogen-bond donors (Lipinski definition) is 0. The average Bonchev–Trinajstić information content (AvgIpc) is 2.92. The van der Waals surface area contributed by atoms with E-state index in [9.17, 15) is 17.6 Å². The summed E-state index contributed by atoms with van der Waals surface area (Å²) in [6.07, 6.45) is 0. The summed E-state index contributed by atoms with van der Waals surface area (Å²) in [5.74, 6) is 0.0209. The Morgan fingerprint density at radius 3 is 2.22 bits per heavy atom. The minimum absolute atomic E-state index is 0.0482. The van der Waals surface area contributed by atoms with Gasteiger partial charge in [0.15, 0.2) is 0 Å². The van der Waals surface area contributed by atoms with Crippen LogP contribution in [0.1, 0.15) is 0 Å². The lowest BCUT2D eigenvalue weighted by Crippen LogP contribution is -2.52. The number of hydrogen-bond acceptors (Lipinski definition) is 6. The van der Waals surface area contributed by atoms with Crippen molar-refractivity contribution < 1.29 is 27.1 Å². The zero-order chi connectivity index (χ0) is 25.7. The van der Waals surface area contributed by atoms with Gasteiger partial charge in [0.2, 0.25) is 5.91 Å². The van der Waals surface area contributed by atoms with Gasteiger partial charge in [-0.2, -0.15) is 0 Å². The number of piperazine rings is 1. The number of benzene rings is 3. The van der Waals surface area contributed by atoms with Crippen molar-refractivity contribution in [1.82, 2.24) is 4.90 Å². The van der Waals surface area contributed by atoms with E-state index in [4.69, 9.17) is 9.47 Å². The normalized spacial score (nSPS) is 13.9. The molecule has 1 saturated heterocycles. The van der Waals surface area contributed by atoms with Crippen LogP contribution in [0.15, 0.2) is 77.7 Å². The highest BCUT2D eigenvalue weighted by Crippen LogP contribution is 2.35. The lowest BCUT2D eigenvalue weighted by atomic mass is 10.2. The molecular weight excluding hydrogens is 485 g/mol. The lowest BCUT2D eigenvalue weighted by molar-refractivity contribution is -0.129. The molecule has 3 aromatic rings. The van der Waals surface area contributed by atoms with Crippen LogP contribution in [0.3, 0.4) is 0 Å². The predicted octanol–water partition coefficient (Wildman–Crippen LogP) is 3.39. The standard InChI is InChI=1S/C26H28FN3O5S/c1-34-20-12-13-25(35-2)24(18-20)30(36(32,33)21-8-4-3-5-9-21)19-26(31)29-16-14-28(15-17-29)23-11-7-6-10-22(23)27/h3-13,18H,14-17,19H2,1-2H3. The highest BCUT2D eigenvalue weighted by atomic mass is 32.2. The van der Waals surface area contributed by atoms with Crippen molar-refractivity contribution in [3.8, 4) is 11.5 Å². The molecular formula is C26H28FN3O5S. The topological polar surface area (TPSA) is 79.4 Å². The third kappa shape index (κ3) is 5.23. The van der Waals surface area contributed by atoms with Gasteiger partial charge >= 0.3 is 0 Å². The molecule has 190 valence electrons. The first-order chi connectivity index (χ1) is 17.3. The molecule has 0 bridgehead atoms. The van der Waals surface area contributed by atoms with Crippen molar-refractivity contribution in [2.45, 2.75) is 4.90 Å². The summed E-state index contributed by atoms with van der Waals surface area (Å²) in [5.41, 5.74) is 0.679. The van der Waals surface area contributed by atoms with Gasteiger partial charge in [0.1, 0.15) is 23.9 Å². The molecule has 0 radical (unpaired) electrons. The van der Waals surface area contributed by atoms with Gasteiger partial charge in [0.05, 0.1) is 30.5 Å². The van der Waals surface area contributed by atoms with Crippen LogP contribution in [0.5, 0.6) is 11.5 Å².